The lowest BCUT2D eigenvalue weighted by molar-refractivity contribution is 0.543. The van der Waals surface area contributed by atoms with Gasteiger partial charge >= 0.3 is 5.63 Å². The Morgan fingerprint density at radius 3 is 2.71 bits per heavy atom. The third-order valence-corrected chi connectivity index (χ3v) is 4.63. The second-order valence-electron chi connectivity index (χ2n) is 5.14. The van der Waals surface area contributed by atoms with Crippen molar-refractivity contribution in [3.8, 4) is 11.4 Å². The van der Waals surface area contributed by atoms with Crippen LogP contribution >= 0.6 is 11.8 Å². The molecule has 0 fully saturated rings. The minimum Gasteiger partial charge on any atom is -0.422 e. The van der Waals surface area contributed by atoms with Crippen LogP contribution in [0.2, 0.25) is 0 Å². The van der Waals surface area contributed by atoms with Gasteiger partial charge in [0.25, 0.3) is 0 Å². The highest BCUT2D eigenvalue weighted by Gasteiger charge is 2.14. The number of para-hydroxylation sites is 1. The number of fused-ring (bicyclic) bond motifs is 1. The molecular formula is C17H12N4O2S. The predicted octanol–water partition coefficient (Wildman–Crippen LogP) is 3.13. The van der Waals surface area contributed by atoms with Crippen molar-refractivity contribution in [3.63, 3.8) is 0 Å². The summed E-state index contributed by atoms with van der Waals surface area (Å²) in [5.41, 5.74) is 1.10. The molecule has 0 radical (unpaired) electrons. The van der Waals surface area contributed by atoms with Crippen molar-refractivity contribution in [2.45, 2.75) is 10.1 Å². The third-order valence-electron chi connectivity index (χ3n) is 3.58. The summed E-state index contributed by atoms with van der Waals surface area (Å²) in [4.78, 5) is 16.6. The molecule has 6 nitrogen and oxygen atoms in total. The Hall–Kier alpha value is -2.93. The van der Waals surface area contributed by atoms with E-state index in [0.29, 0.717) is 21.5 Å². The lowest BCUT2D eigenvalue weighted by Gasteiger charge is -2.04. The monoisotopic (exact) mass is 336 g/mol. The molecule has 0 saturated carbocycles. The van der Waals surface area contributed by atoms with Crippen LogP contribution in [0.4, 0.5) is 0 Å². The number of nitrogens with zero attached hydrogens (tertiary/aromatic N) is 4. The first-order valence-electron chi connectivity index (χ1n) is 7.23. The topological polar surface area (TPSA) is 73.8 Å². The van der Waals surface area contributed by atoms with Crippen molar-refractivity contribution in [1.82, 2.24) is 19.7 Å². The molecule has 0 bridgehead atoms. The number of hydrogen-bond donors (Lipinski definition) is 0. The van der Waals surface area contributed by atoms with Gasteiger partial charge in [0.05, 0.1) is 0 Å². The van der Waals surface area contributed by atoms with Crippen molar-refractivity contribution in [2.75, 3.05) is 0 Å². The Morgan fingerprint density at radius 2 is 1.88 bits per heavy atom. The van der Waals surface area contributed by atoms with Gasteiger partial charge in [0, 0.05) is 30.4 Å². The zero-order valence-electron chi connectivity index (χ0n) is 12.7. The second kappa shape index (κ2) is 5.93. The molecule has 118 valence electrons. The first-order chi connectivity index (χ1) is 11.7. The maximum Gasteiger partial charge on any atom is 0.350 e. The van der Waals surface area contributed by atoms with E-state index in [4.69, 9.17) is 4.42 Å². The maximum absolute atomic E-state index is 12.2. The quantitative estimate of drug-likeness (QED) is 0.535. The lowest BCUT2D eigenvalue weighted by Crippen LogP contribution is -2.03. The normalized spacial score (nSPS) is 11.0. The average Bonchev–Trinajstić information content (AvgIpc) is 2.97. The van der Waals surface area contributed by atoms with Gasteiger partial charge in [0.1, 0.15) is 10.5 Å². The van der Waals surface area contributed by atoms with Crippen LogP contribution < -0.4 is 5.63 Å². The Bertz CT molecular complexity index is 1070. The summed E-state index contributed by atoms with van der Waals surface area (Å²) < 4.78 is 7.20. The number of pyridine rings is 1. The highest BCUT2D eigenvalue weighted by atomic mass is 32.2. The van der Waals surface area contributed by atoms with E-state index in [9.17, 15) is 4.79 Å². The van der Waals surface area contributed by atoms with Crippen molar-refractivity contribution in [1.29, 1.82) is 0 Å². The van der Waals surface area contributed by atoms with Crippen molar-refractivity contribution >= 4 is 22.7 Å². The molecule has 0 N–H and O–H groups in total. The van der Waals surface area contributed by atoms with E-state index >= 15 is 0 Å². The molecule has 7 heteroatoms. The molecule has 4 aromatic rings. The van der Waals surface area contributed by atoms with Gasteiger partial charge in [-0.15, -0.1) is 10.2 Å². The van der Waals surface area contributed by atoms with Crippen molar-refractivity contribution in [3.05, 3.63) is 65.3 Å². The van der Waals surface area contributed by atoms with Gasteiger partial charge in [-0.2, -0.15) is 0 Å². The third kappa shape index (κ3) is 2.59. The molecule has 0 amide bonds. The first-order valence-corrected chi connectivity index (χ1v) is 8.04. The molecule has 24 heavy (non-hydrogen) atoms. The predicted molar refractivity (Wildman–Crippen MR) is 90.8 cm³/mol. The van der Waals surface area contributed by atoms with Gasteiger partial charge in [-0.3, -0.25) is 4.98 Å². The lowest BCUT2D eigenvalue weighted by atomic mass is 10.2. The minimum absolute atomic E-state index is 0.382. The number of benzene rings is 1. The minimum atomic E-state index is -0.382. The van der Waals surface area contributed by atoms with E-state index < -0.39 is 0 Å². The van der Waals surface area contributed by atoms with Gasteiger partial charge in [-0.25, -0.2) is 4.79 Å². The van der Waals surface area contributed by atoms with Gasteiger partial charge in [0.15, 0.2) is 11.0 Å². The fourth-order valence-electron chi connectivity index (χ4n) is 2.37. The van der Waals surface area contributed by atoms with Gasteiger partial charge < -0.3 is 8.98 Å². The standard InChI is InChI=1S/C17H12N4O2S/c1-21-15(11-6-8-18-9-7-11)19-20-17(21)24-14-10-12-4-2-3-5-13(12)23-16(14)22/h2-10H,1H3. The highest BCUT2D eigenvalue weighted by molar-refractivity contribution is 7.99. The van der Waals surface area contributed by atoms with Gasteiger partial charge in [-0.05, 0) is 36.0 Å². The van der Waals surface area contributed by atoms with Crippen molar-refractivity contribution < 1.29 is 4.42 Å². The van der Waals surface area contributed by atoms with Crippen LogP contribution in [0.3, 0.4) is 0 Å². The summed E-state index contributed by atoms with van der Waals surface area (Å²) in [6.07, 6.45) is 3.41. The molecule has 3 heterocycles. The van der Waals surface area contributed by atoms with Crippen LogP contribution in [0.1, 0.15) is 0 Å². The summed E-state index contributed by atoms with van der Waals surface area (Å²) in [6.45, 7) is 0. The molecule has 0 saturated heterocycles. The van der Waals surface area contributed by atoms with E-state index in [-0.39, 0.29) is 5.63 Å². The van der Waals surface area contributed by atoms with E-state index in [0.717, 1.165) is 10.9 Å². The summed E-state index contributed by atoms with van der Waals surface area (Å²) in [5.74, 6) is 0.713. The van der Waals surface area contributed by atoms with Crippen LogP contribution in [0.25, 0.3) is 22.4 Å². The molecule has 4 rings (SSSR count). The SMILES string of the molecule is Cn1c(Sc2cc3ccccc3oc2=O)nnc1-c1ccncc1. The summed E-state index contributed by atoms with van der Waals surface area (Å²) >= 11 is 1.24. The Balaban J connectivity index is 1.73. The summed E-state index contributed by atoms with van der Waals surface area (Å²) in [7, 11) is 1.86. The van der Waals surface area contributed by atoms with E-state index in [1.54, 1.807) is 18.5 Å². The molecular weight excluding hydrogens is 324 g/mol. The van der Waals surface area contributed by atoms with Crippen LogP contribution in [0.5, 0.6) is 0 Å². The van der Waals surface area contributed by atoms with Crippen LogP contribution in [0, 0.1) is 0 Å². The zero-order chi connectivity index (χ0) is 16.5. The fraction of sp³-hybridized carbons (Fsp3) is 0.0588. The zero-order valence-corrected chi connectivity index (χ0v) is 13.5. The molecule has 0 aliphatic rings. The fourth-order valence-corrected chi connectivity index (χ4v) is 3.18. The summed E-state index contributed by atoms with van der Waals surface area (Å²) in [5, 5.41) is 9.88. The molecule has 0 atom stereocenters. The van der Waals surface area contributed by atoms with Gasteiger partial charge in [0.2, 0.25) is 0 Å². The number of hydrogen-bond acceptors (Lipinski definition) is 6. The van der Waals surface area contributed by atoms with E-state index in [2.05, 4.69) is 15.2 Å². The smallest absolute Gasteiger partial charge is 0.350 e. The molecule has 0 aliphatic heterocycles. The Labute approximate surface area is 141 Å². The molecule has 0 unspecified atom stereocenters. The van der Waals surface area contributed by atoms with Gasteiger partial charge in [-0.1, -0.05) is 18.2 Å². The van der Waals surface area contributed by atoms with Crippen LogP contribution in [0.15, 0.2) is 74.1 Å². The number of aromatic nitrogens is 4. The van der Waals surface area contributed by atoms with E-state index in [1.165, 1.54) is 11.8 Å². The second-order valence-corrected chi connectivity index (χ2v) is 6.15. The van der Waals surface area contributed by atoms with Crippen LogP contribution in [-0.2, 0) is 7.05 Å². The first kappa shape index (κ1) is 14.6. The van der Waals surface area contributed by atoms with E-state index in [1.807, 2.05) is 48.0 Å². The maximum atomic E-state index is 12.2. The average molecular weight is 336 g/mol. The van der Waals surface area contributed by atoms with Crippen LogP contribution in [-0.4, -0.2) is 19.7 Å². The Kier molecular flexibility index (Phi) is 3.62. The molecule has 1 aromatic carbocycles. The molecule has 0 spiro atoms. The Morgan fingerprint density at radius 1 is 1.08 bits per heavy atom. The highest BCUT2D eigenvalue weighted by Crippen LogP contribution is 2.28. The largest absolute Gasteiger partial charge is 0.422 e. The van der Waals surface area contributed by atoms with Crippen molar-refractivity contribution in [2.24, 2.45) is 7.05 Å². The summed E-state index contributed by atoms with van der Waals surface area (Å²) in [6, 6.07) is 13.0. The molecule has 0 aliphatic carbocycles. The number of rotatable bonds is 3. The molecule has 3 aromatic heterocycles.